The number of nitrogens with one attached hydrogen (secondary N) is 2. The van der Waals surface area contributed by atoms with Gasteiger partial charge in [0.1, 0.15) is 21.9 Å². The number of ether oxygens (including phenoxy) is 1. The molecule has 0 unspecified atom stereocenters. The third-order valence-corrected chi connectivity index (χ3v) is 7.06. The second-order valence-corrected chi connectivity index (χ2v) is 9.53. The smallest absolute Gasteiger partial charge is 0.349 e. The molecule has 0 atom stereocenters. The molecule has 1 amide bonds. The van der Waals surface area contributed by atoms with Crippen molar-refractivity contribution < 1.29 is 22.4 Å². The third kappa shape index (κ3) is 4.86. The molecular formula is C21H18N4O6S2. The molecule has 4 aromatic rings. The summed E-state index contributed by atoms with van der Waals surface area (Å²) in [7, 11) is -2.37. The molecule has 0 fully saturated rings. The van der Waals surface area contributed by atoms with Crippen LogP contribution in [0, 0.1) is 0 Å². The molecule has 2 heterocycles. The third-order valence-electron chi connectivity index (χ3n) is 4.60. The number of amides is 1. The van der Waals surface area contributed by atoms with Crippen molar-refractivity contribution in [1.29, 1.82) is 0 Å². The van der Waals surface area contributed by atoms with E-state index in [1.165, 1.54) is 37.4 Å². The Morgan fingerprint density at radius 1 is 1.12 bits per heavy atom. The molecule has 0 spiro atoms. The summed E-state index contributed by atoms with van der Waals surface area (Å²) in [5.74, 6) is -0.143. The van der Waals surface area contributed by atoms with Crippen LogP contribution in [-0.4, -0.2) is 31.6 Å². The number of carbonyl (C=O) groups excluding carboxylic acids is 1. The van der Waals surface area contributed by atoms with E-state index in [9.17, 15) is 18.0 Å². The SMILES string of the molecule is CCc1nnc(NS(=O)(=O)c2ccc(NC(=O)c3cc4cc(OC)ccc4oc3=O)cc2)s1. The Labute approximate surface area is 192 Å². The van der Waals surface area contributed by atoms with E-state index in [1.807, 2.05) is 6.92 Å². The van der Waals surface area contributed by atoms with Crippen LogP contribution in [0.1, 0.15) is 22.3 Å². The molecule has 2 aromatic carbocycles. The summed E-state index contributed by atoms with van der Waals surface area (Å²) in [5, 5.41) is 11.7. The van der Waals surface area contributed by atoms with E-state index in [2.05, 4.69) is 20.2 Å². The van der Waals surface area contributed by atoms with Crippen molar-refractivity contribution in [2.75, 3.05) is 17.1 Å². The number of rotatable bonds is 7. The summed E-state index contributed by atoms with van der Waals surface area (Å²) < 4.78 is 37.8. The Morgan fingerprint density at radius 2 is 1.88 bits per heavy atom. The van der Waals surface area contributed by atoms with Crippen LogP contribution in [0.4, 0.5) is 10.8 Å². The average Bonchev–Trinajstić information content (AvgIpc) is 3.25. The molecule has 170 valence electrons. The van der Waals surface area contributed by atoms with E-state index < -0.39 is 21.6 Å². The van der Waals surface area contributed by atoms with Crippen LogP contribution in [0.5, 0.6) is 5.75 Å². The molecule has 2 aromatic heterocycles. The van der Waals surface area contributed by atoms with E-state index in [4.69, 9.17) is 9.15 Å². The normalized spacial score (nSPS) is 11.3. The maximum atomic E-state index is 12.6. The zero-order valence-corrected chi connectivity index (χ0v) is 19.1. The molecule has 0 radical (unpaired) electrons. The van der Waals surface area contributed by atoms with Crippen LogP contribution < -0.4 is 20.4 Å². The van der Waals surface area contributed by atoms with Gasteiger partial charge in [-0.15, -0.1) is 10.2 Å². The largest absolute Gasteiger partial charge is 0.497 e. The van der Waals surface area contributed by atoms with Gasteiger partial charge < -0.3 is 14.5 Å². The van der Waals surface area contributed by atoms with Crippen LogP contribution in [0.15, 0.2) is 62.6 Å². The minimum atomic E-state index is -3.87. The van der Waals surface area contributed by atoms with Gasteiger partial charge in [-0.1, -0.05) is 18.3 Å². The van der Waals surface area contributed by atoms with Crippen molar-refractivity contribution >= 4 is 49.1 Å². The number of hydrogen-bond acceptors (Lipinski definition) is 9. The zero-order valence-electron chi connectivity index (χ0n) is 17.5. The van der Waals surface area contributed by atoms with Crippen molar-refractivity contribution in [2.24, 2.45) is 0 Å². The minimum Gasteiger partial charge on any atom is -0.497 e. The molecule has 10 nitrogen and oxygen atoms in total. The number of methoxy groups -OCH3 is 1. The molecule has 0 aliphatic rings. The number of anilines is 2. The van der Waals surface area contributed by atoms with Gasteiger partial charge in [-0.25, -0.2) is 13.2 Å². The number of nitrogens with zero attached hydrogens (tertiary/aromatic N) is 2. The van der Waals surface area contributed by atoms with Gasteiger partial charge in [0.25, 0.3) is 15.9 Å². The summed E-state index contributed by atoms with van der Waals surface area (Å²) >= 11 is 1.15. The highest BCUT2D eigenvalue weighted by atomic mass is 32.2. The van der Waals surface area contributed by atoms with Gasteiger partial charge in [-0.3, -0.25) is 9.52 Å². The van der Waals surface area contributed by atoms with E-state index in [0.717, 1.165) is 11.3 Å². The number of fused-ring (bicyclic) bond motifs is 1. The monoisotopic (exact) mass is 486 g/mol. The summed E-state index contributed by atoms with van der Waals surface area (Å²) in [6.07, 6.45) is 0.650. The van der Waals surface area contributed by atoms with Crippen molar-refractivity contribution in [3.05, 3.63) is 69.5 Å². The molecule has 0 aliphatic heterocycles. The Kier molecular flexibility index (Phi) is 6.11. The van der Waals surface area contributed by atoms with E-state index in [-0.39, 0.29) is 15.6 Å². The fraction of sp³-hybridized carbons (Fsp3) is 0.143. The summed E-state index contributed by atoms with van der Waals surface area (Å²) in [4.78, 5) is 24.9. The summed E-state index contributed by atoms with van der Waals surface area (Å²) in [5.41, 5.74) is -0.372. The number of hydrogen-bond donors (Lipinski definition) is 2. The van der Waals surface area contributed by atoms with Crippen LogP contribution in [0.3, 0.4) is 0 Å². The zero-order chi connectivity index (χ0) is 23.6. The lowest BCUT2D eigenvalue weighted by atomic mass is 10.1. The lowest BCUT2D eigenvalue weighted by molar-refractivity contribution is 0.102. The Hall–Kier alpha value is -3.77. The second-order valence-electron chi connectivity index (χ2n) is 6.79. The van der Waals surface area contributed by atoms with Gasteiger partial charge in [-0.05, 0) is 55.0 Å². The van der Waals surface area contributed by atoms with Crippen molar-refractivity contribution in [3.8, 4) is 5.75 Å². The highest BCUT2D eigenvalue weighted by Gasteiger charge is 2.18. The standard InChI is InChI=1S/C21H18N4O6S2/c1-3-18-23-24-21(32-18)25-33(28,29)15-7-4-13(5-8-15)22-19(26)16-11-12-10-14(30-2)6-9-17(12)31-20(16)27/h4-11H,3H2,1-2H3,(H,22,26)(H,24,25). The average molecular weight is 487 g/mol. The molecule has 33 heavy (non-hydrogen) atoms. The first-order valence-corrected chi connectivity index (χ1v) is 12.0. The number of sulfonamides is 1. The number of benzene rings is 2. The Bertz CT molecular complexity index is 1490. The maximum absolute atomic E-state index is 12.6. The Morgan fingerprint density at radius 3 is 2.55 bits per heavy atom. The van der Waals surface area contributed by atoms with Crippen LogP contribution >= 0.6 is 11.3 Å². The van der Waals surface area contributed by atoms with E-state index >= 15 is 0 Å². The number of aryl methyl sites for hydroxylation is 1. The van der Waals surface area contributed by atoms with Gasteiger partial charge in [0, 0.05) is 11.1 Å². The van der Waals surface area contributed by atoms with Gasteiger partial charge in [0.15, 0.2) is 0 Å². The molecule has 0 saturated carbocycles. The predicted molar refractivity (Wildman–Crippen MR) is 124 cm³/mol. The van der Waals surface area contributed by atoms with Gasteiger partial charge in [0.05, 0.1) is 12.0 Å². The lowest BCUT2D eigenvalue weighted by Gasteiger charge is -2.08. The predicted octanol–water partition coefficient (Wildman–Crippen LogP) is 3.27. The minimum absolute atomic E-state index is 0.0222. The van der Waals surface area contributed by atoms with Gasteiger partial charge >= 0.3 is 5.63 Å². The van der Waals surface area contributed by atoms with Crippen molar-refractivity contribution in [1.82, 2.24) is 10.2 Å². The molecule has 2 N–H and O–H groups in total. The first-order valence-electron chi connectivity index (χ1n) is 9.67. The van der Waals surface area contributed by atoms with Crippen molar-refractivity contribution in [2.45, 2.75) is 18.2 Å². The number of carbonyl (C=O) groups is 1. The van der Waals surface area contributed by atoms with Crippen LogP contribution in [0.2, 0.25) is 0 Å². The highest BCUT2D eigenvalue weighted by molar-refractivity contribution is 7.93. The molecular weight excluding hydrogens is 468 g/mol. The first kappa shape index (κ1) is 22.4. The maximum Gasteiger partial charge on any atom is 0.349 e. The number of aromatic nitrogens is 2. The van der Waals surface area contributed by atoms with Crippen molar-refractivity contribution in [3.63, 3.8) is 0 Å². The molecule has 12 heteroatoms. The molecule has 0 saturated heterocycles. The molecule has 0 bridgehead atoms. The fourth-order valence-corrected chi connectivity index (χ4v) is 4.82. The van der Waals surface area contributed by atoms with Gasteiger partial charge in [0.2, 0.25) is 5.13 Å². The second kappa shape index (κ2) is 9.00. The Balaban J connectivity index is 1.52. The van der Waals surface area contributed by atoms with Crippen LogP contribution in [-0.2, 0) is 16.4 Å². The van der Waals surface area contributed by atoms with Gasteiger partial charge in [-0.2, -0.15) is 0 Å². The quantitative estimate of drug-likeness (QED) is 0.379. The first-order chi connectivity index (χ1) is 15.8. The van der Waals surface area contributed by atoms with E-state index in [0.29, 0.717) is 33.8 Å². The molecule has 4 rings (SSSR count). The molecule has 0 aliphatic carbocycles. The summed E-state index contributed by atoms with van der Waals surface area (Å²) in [6.45, 7) is 1.89. The summed E-state index contributed by atoms with van der Waals surface area (Å²) in [6, 6.07) is 11.8. The highest BCUT2D eigenvalue weighted by Crippen LogP contribution is 2.23. The fourth-order valence-electron chi connectivity index (χ4n) is 2.91. The lowest BCUT2D eigenvalue weighted by Crippen LogP contribution is -2.20. The van der Waals surface area contributed by atoms with Crippen LogP contribution in [0.25, 0.3) is 11.0 Å². The topological polar surface area (TPSA) is 140 Å². The van der Waals surface area contributed by atoms with E-state index in [1.54, 1.807) is 18.2 Å².